The van der Waals surface area contributed by atoms with Crippen LogP contribution >= 0.6 is 0 Å². The van der Waals surface area contributed by atoms with Gasteiger partial charge in [0.2, 0.25) is 0 Å². The second-order valence-corrected chi connectivity index (χ2v) is 7.44. The number of rotatable bonds is 6. The van der Waals surface area contributed by atoms with Crippen molar-refractivity contribution in [2.75, 3.05) is 6.61 Å². The van der Waals surface area contributed by atoms with E-state index in [1.165, 1.54) is 5.56 Å². The molecule has 3 rings (SSSR count). The van der Waals surface area contributed by atoms with E-state index in [0.29, 0.717) is 18.0 Å². The summed E-state index contributed by atoms with van der Waals surface area (Å²) in [6, 6.07) is 15.1. The third-order valence-electron chi connectivity index (χ3n) is 4.35. The van der Waals surface area contributed by atoms with Gasteiger partial charge in [0.25, 0.3) is 5.91 Å². The van der Waals surface area contributed by atoms with Gasteiger partial charge in [-0.15, -0.1) is 5.10 Å². The summed E-state index contributed by atoms with van der Waals surface area (Å²) < 4.78 is 7.04. The average Bonchev–Trinajstić information content (AvgIpc) is 3.15. The van der Waals surface area contributed by atoms with E-state index in [-0.39, 0.29) is 17.9 Å². The van der Waals surface area contributed by atoms with Gasteiger partial charge in [0.1, 0.15) is 5.75 Å². The van der Waals surface area contributed by atoms with Crippen LogP contribution in [0.3, 0.4) is 0 Å². The van der Waals surface area contributed by atoms with Crippen LogP contribution in [0.2, 0.25) is 0 Å². The minimum atomic E-state index is -0.165. The highest BCUT2D eigenvalue weighted by Gasteiger charge is 2.15. The van der Waals surface area contributed by atoms with Crippen LogP contribution < -0.4 is 10.1 Å². The zero-order valence-corrected chi connectivity index (χ0v) is 16.6. The largest absolute Gasteiger partial charge is 0.494 e. The lowest BCUT2D eigenvalue weighted by Gasteiger charge is -2.19. The lowest BCUT2D eigenvalue weighted by Crippen LogP contribution is -2.25. The molecule has 0 aliphatic rings. The van der Waals surface area contributed by atoms with Gasteiger partial charge in [0, 0.05) is 5.56 Å². The van der Waals surface area contributed by atoms with Gasteiger partial charge in [-0.05, 0) is 64.7 Å². The molecule has 0 fully saturated rings. The Hall–Kier alpha value is -3.22. The minimum Gasteiger partial charge on any atom is -0.494 e. The van der Waals surface area contributed by atoms with E-state index >= 15 is 0 Å². The summed E-state index contributed by atoms with van der Waals surface area (Å²) in [6.45, 7) is 9.19. The molecule has 7 nitrogen and oxygen atoms in total. The fourth-order valence-corrected chi connectivity index (χ4v) is 2.75. The maximum Gasteiger partial charge on any atom is 0.251 e. The molecule has 0 spiro atoms. The van der Waals surface area contributed by atoms with E-state index in [9.17, 15) is 4.79 Å². The fraction of sp³-hybridized carbons (Fsp3) is 0.333. The van der Waals surface area contributed by atoms with Crippen molar-refractivity contribution >= 4 is 5.91 Å². The van der Waals surface area contributed by atoms with Crippen LogP contribution in [0.25, 0.3) is 5.69 Å². The lowest BCUT2D eigenvalue weighted by atomic mass is 9.87. The van der Waals surface area contributed by atoms with Crippen LogP contribution in [0, 0.1) is 0 Å². The van der Waals surface area contributed by atoms with E-state index in [2.05, 4.69) is 41.6 Å². The molecular weight excluding hydrogens is 354 g/mol. The summed E-state index contributed by atoms with van der Waals surface area (Å²) in [5.74, 6) is 1.17. The first-order valence-corrected chi connectivity index (χ1v) is 9.27. The Morgan fingerprint density at radius 1 is 1.07 bits per heavy atom. The van der Waals surface area contributed by atoms with E-state index < -0.39 is 0 Å². The standard InChI is InChI=1S/C21H25N5O2/c1-5-28-18-12-10-17(11-13-18)26-19(23-24-25-26)14-22-20(27)15-6-8-16(9-7-15)21(2,3)4/h6-13H,5,14H2,1-4H3,(H,22,27). The van der Waals surface area contributed by atoms with Gasteiger partial charge in [0.15, 0.2) is 5.82 Å². The number of carbonyl (C=O) groups excluding carboxylic acids is 1. The molecule has 0 saturated carbocycles. The summed E-state index contributed by atoms with van der Waals surface area (Å²) >= 11 is 0. The zero-order chi connectivity index (χ0) is 20.1. The molecule has 7 heteroatoms. The topological polar surface area (TPSA) is 81.9 Å². The molecule has 0 radical (unpaired) electrons. The third-order valence-corrected chi connectivity index (χ3v) is 4.35. The minimum absolute atomic E-state index is 0.0504. The number of carbonyl (C=O) groups is 1. The molecule has 146 valence electrons. The molecular formula is C21H25N5O2. The number of hydrogen-bond donors (Lipinski definition) is 1. The Kier molecular flexibility index (Phi) is 5.73. The number of benzene rings is 2. The van der Waals surface area contributed by atoms with Crippen LogP contribution in [0.1, 0.15) is 49.4 Å². The quantitative estimate of drug-likeness (QED) is 0.711. The lowest BCUT2D eigenvalue weighted by molar-refractivity contribution is 0.0949. The molecule has 1 amide bonds. The average molecular weight is 379 g/mol. The molecule has 28 heavy (non-hydrogen) atoms. The number of tetrazole rings is 1. The van der Waals surface area contributed by atoms with Gasteiger partial charge in [-0.25, -0.2) is 0 Å². The Morgan fingerprint density at radius 2 is 1.75 bits per heavy atom. The predicted molar refractivity (Wildman–Crippen MR) is 107 cm³/mol. The van der Waals surface area contributed by atoms with Crippen molar-refractivity contribution in [1.29, 1.82) is 0 Å². The van der Waals surface area contributed by atoms with Crippen LogP contribution in [0.5, 0.6) is 5.75 Å². The van der Waals surface area contributed by atoms with Gasteiger partial charge in [-0.3, -0.25) is 4.79 Å². The molecule has 1 N–H and O–H groups in total. The predicted octanol–water partition coefficient (Wildman–Crippen LogP) is 3.29. The fourth-order valence-electron chi connectivity index (χ4n) is 2.75. The molecule has 2 aromatic carbocycles. The van der Waals surface area contributed by atoms with Gasteiger partial charge in [0.05, 0.1) is 18.8 Å². The Morgan fingerprint density at radius 3 is 2.36 bits per heavy atom. The second-order valence-electron chi connectivity index (χ2n) is 7.44. The van der Waals surface area contributed by atoms with Crippen molar-refractivity contribution in [2.24, 2.45) is 0 Å². The van der Waals surface area contributed by atoms with Gasteiger partial charge >= 0.3 is 0 Å². The molecule has 1 heterocycles. The number of nitrogens with one attached hydrogen (secondary N) is 1. The highest BCUT2D eigenvalue weighted by atomic mass is 16.5. The summed E-state index contributed by atoms with van der Waals surface area (Å²) in [5, 5.41) is 14.6. The van der Waals surface area contributed by atoms with Crippen molar-refractivity contribution < 1.29 is 9.53 Å². The SMILES string of the molecule is CCOc1ccc(-n2nnnc2CNC(=O)c2ccc(C(C)(C)C)cc2)cc1. The number of amides is 1. The van der Waals surface area contributed by atoms with Crippen molar-refractivity contribution in [3.05, 3.63) is 65.5 Å². The first-order chi connectivity index (χ1) is 13.4. The maximum absolute atomic E-state index is 12.5. The van der Waals surface area contributed by atoms with Gasteiger partial charge < -0.3 is 10.1 Å². The van der Waals surface area contributed by atoms with Gasteiger partial charge in [-0.2, -0.15) is 4.68 Å². The second kappa shape index (κ2) is 8.21. The first-order valence-electron chi connectivity index (χ1n) is 9.27. The third kappa shape index (κ3) is 4.54. The smallest absolute Gasteiger partial charge is 0.251 e. The monoisotopic (exact) mass is 379 g/mol. The van der Waals surface area contributed by atoms with Crippen LogP contribution in [0.4, 0.5) is 0 Å². The van der Waals surface area contributed by atoms with E-state index in [1.807, 2.05) is 55.5 Å². The molecule has 0 bridgehead atoms. The van der Waals surface area contributed by atoms with E-state index in [4.69, 9.17) is 4.74 Å². The molecule has 0 atom stereocenters. The van der Waals surface area contributed by atoms with Crippen molar-refractivity contribution in [1.82, 2.24) is 25.5 Å². The number of hydrogen-bond acceptors (Lipinski definition) is 5. The van der Waals surface area contributed by atoms with Crippen molar-refractivity contribution in [2.45, 2.75) is 39.7 Å². The van der Waals surface area contributed by atoms with Crippen LogP contribution in [-0.4, -0.2) is 32.7 Å². The number of ether oxygens (including phenoxy) is 1. The van der Waals surface area contributed by atoms with E-state index in [0.717, 1.165) is 11.4 Å². The van der Waals surface area contributed by atoms with Crippen molar-refractivity contribution in [3.8, 4) is 11.4 Å². The highest BCUT2D eigenvalue weighted by molar-refractivity contribution is 5.94. The number of aromatic nitrogens is 4. The van der Waals surface area contributed by atoms with E-state index in [1.54, 1.807) is 4.68 Å². The Balaban J connectivity index is 1.67. The molecule has 0 saturated heterocycles. The molecule has 0 unspecified atom stereocenters. The Bertz CT molecular complexity index is 925. The summed E-state index contributed by atoms with van der Waals surface area (Å²) in [4.78, 5) is 12.5. The van der Waals surface area contributed by atoms with Crippen LogP contribution in [-0.2, 0) is 12.0 Å². The summed E-state index contributed by atoms with van der Waals surface area (Å²) in [6.07, 6.45) is 0. The summed E-state index contributed by atoms with van der Waals surface area (Å²) in [5.41, 5.74) is 2.64. The summed E-state index contributed by atoms with van der Waals surface area (Å²) in [7, 11) is 0. The molecule has 0 aliphatic heterocycles. The zero-order valence-electron chi connectivity index (χ0n) is 16.6. The maximum atomic E-state index is 12.5. The molecule has 0 aliphatic carbocycles. The van der Waals surface area contributed by atoms with Crippen molar-refractivity contribution in [3.63, 3.8) is 0 Å². The molecule has 1 aromatic heterocycles. The first kappa shape index (κ1) is 19.5. The highest BCUT2D eigenvalue weighted by Crippen LogP contribution is 2.22. The van der Waals surface area contributed by atoms with Crippen LogP contribution in [0.15, 0.2) is 48.5 Å². The Labute approximate surface area is 164 Å². The molecule has 3 aromatic rings. The number of nitrogens with zero attached hydrogens (tertiary/aromatic N) is 4. The normalized spacial score (nSPS) is 11.3. The van der Waals surface area contributed by atoms with Gasteiger partial charge in [-0.1, -0.05) is 32.9 Å².